The molecule has 6 nitrogen and oxygen atoms in total. The van der Waals surface area contributed by atoms with E-state index < -0.39 is 0 Å². The van der Waals surface area contributed by atoms with Gasteiger partial charge in [-0.2, -0.15) is 5.10 Å². The number of carbonyl (C=O) groups is 1. The van der Waals surface area contributed by atoms with Crippen LogP contribution in [0.1, 0.15) is 29.8 Å². The van der Waals surface area contributed by atoms with Crippen LogP contribution in [0.3, 0.4) is 0 Å². The van der Waals surface area contributed by atoms with Crippen molar-refractivity contribution in [2.75, 3.05) is 18.9 Å². The van der Waals surface area contributed by atoms with Crippen molar-refractivity contribution in [1.29, 1.82) is 0 Å². The summed E-state index contributed by atoms with van der Waals surface area (Å²) in [5, 5.41) is 6.82. The molecule has 1 fully saturated rings. The first-order valence-corrected chi connectivity index (χ1v) is 5.85. The topological polar surface area (TPSA) is 82.2 Å². The van der Waals surface area contributed by atoms with E-state index in [0.717, 1.165) is 25.9 Å². The molecular weight excluding hydrogens is 220 g/mol. The second-order valence-corrected chi connectivity index (χ2v) is 4.31. The van der Waals surface area contributed by atoms with E-state index in [2.05, 4.69) is 10.4 Å². The molecule has 1 amide bonds. The van der Waals surface area contributed by atoms with Crippen LogP contribution in [-0.4, -0.2) is 34.9 Å². The molecule has 0 aliphatic carbocycles. The fraction of sp³-hybridized carbons (Fsp3) is 0.636. The Balaban J connectivity index is 1.86. The van der Waals surface area contributed by atoms with Gasteiger partial charge >= 0.3 is 0 Å². The van der Waals surface area contributed by atoms with E-state index in [1.54, 1.807) is 13.2 Å². The van der Waals surface area contributed by atoms with E-state index in [4.69, 9.17) is 10.5 Å². The summed E-state index contributed by atoms with van der Waals surface area (Å²) in [5.74, 6) is -0.239. The number of rotatable bonds is 3. The molecule has 3 N–H and O–H groups in total. The molecule has 1 saturated heterocycles. The molecule has 1 unspecified atom stereocenters. The smallest absolute Gasteiger partial charge is 0.274 e. The van der Waals surface area contributed by atoms with E-state index >= 15 is 0 Å². The van der Waals surface area contributed by atoms with Crippen molar-refractivity contribution < 1.29 is 9.53 Å². The molecule has 2 heterocycles. The lowest BCUT2D eigenvalue weighted by Gasteiger charge is -2.22. The van der Waals surface area contributed by atoms with Crippen molar-refractivity contribution in [1.82, 2.24) is 15.1 Å². The maximum Gasteiger partial charge on any atom is 0.274 e. The number of nitrogens with two attached hydrogens (primary N) is 1. The summed E-state index contributed by atoms with van der Waals surface area (Å²) >= 11 is 0. The van der Waals surface area contributed by atoms with Gasteiger partial charge in [0.15, 0.2) is 5.69 Å². The molecule has 0 spiro atoms. The van der Waals surface area contributed by atoms with Crippen LogP contribution in [0.25, 0.3) is 0 Å². The molecule has 94 valence electrons. The summed E-state index contributed by atoms with van der Waals surface area (Å²) in [7, 11) is 1.73. The lowest BCUT2D eigenvalue weighted by atomic mass is 10.1. The molecular formula is C11H18N4O2. The fourth-order valence-corrected chi connectivity index (χ4v) is 1.94. The quantitative estimate of drug-likeness (QED) is 0.793. The highest BCUT2D eigenvalue weighted by molar-refractivity contribution is 5.96. The average molecular weight is 238 g/mol. The third-order valence-electron chi connectivity index (χ3n) is 2.84. The Morgan fingerprint density at radius 3 is 3.12 bits per heavy atom. The van der Waals surface area contributed by atoms with Gasteiger partial charge in [0.25, 0.3) is 5.91 Å². The molecule has 0 saturated carbocycles. The van der Waals surface area contributed by atoms with Gasteiger partial charge in [-0.1, -0.05) is 0 Å². The Bertz CT molecular complexity index is 396. The predicted molar refractivity (Wildman–Crippen MR) is 63.5 cm³/mol. The lowest BCUT2D eigenvalue weighted by Crippen LogP contribution is -2.35. The highest BCUT2D eigenvalue weighted by Gasteiger charge is 2.18. The minimum Gasteiger partial charge on any atom is -0.396 e. The lowest BCUT2D eigenvalue weighted by molar-refractivity contribution is 0.0168. The summed E-state index contributed by atoms with van der Waals surface area (Å²) in [6, 6.07) is 0. The molecule has 0 radical (unpaired) electrons. The van der Waals surface area contributed by atoms with Gasteiger partial charge in [0.1, 0.15) is 0 Å². The van der Waals surface area contributed by atoms with Crippen molar-refractivity contribution in [3.05, 3.63) is 11.9 Å². The highest BCUT2D eigenvalue weighted by Crippen LogP contribution is 2.12. The van der Waals surface area contributed by atoms with Crippen molar-refractivity contribution in [3.8, 4) is 0 Å². The van der Waals surface area contributed by atoms with Crippen LogP contribution in [-0.2, 0) is 11.8 Å². The molecule has 1 atom stereocenters. The maximum atomic E-state index is 11.8. The molecule has 2 rings (SSSR count). The van der Waals surface area contributed by atoms with Crippen LogP contribution in [0.15, 0.2) is 6.20 Å². The van der Waals surface area contributed by atoms with E-state index in [9.17, 15) is 4.79 Å². The Morgan fingerprint density at radius 1 is 1.71 bits per heavy atom. The minimum atomic E-state index is -0.239. The normalized spacial score (nSPS) is 20.2. The summed E-state index contributed by atoms with van der Waals surface area (Å²) in [6.45, 7) is 1.31. The van der Waals surface area contributed by atoms with Crippen LogP contribution >= 0.6 is 0 Å². The van der Waals surface area contributed by atoms with Gasteiger partial charge < -0.3 is 15.8 Å². The van der Waals surface area contributed by atoms with Gasteiger partial charge in [0.05, 0.1) is 11.8 Å². The monoisotopic (exact) mass is 238 g/mol. The van der Waals surface area contributed by atoms with Crippen LogP contribution in [0, 0.1) is 0 Å². The Morgan fingerprint density at radius 2 is 2.53 bits per heavy atom. The van der Waals surface area contributed by atoms with Gasteiger partial charge in [-0.25, -0.2) is 0 Å². The van der Waals surface area contributed by atoms with Gasteiger partial charge in [0, 0.05) is 26.4 Å². The summed E-state index contributed by atoms with van der Waals surface area (Å²) in [6.07, 6.45) is 5.01. The first kappa shape index (κ1) is 11.9. The van der Waals surface area contributed by atoms with E-state index in [1.165, 1.54) is 4.68 Å². The van der Waals surface area contributed by atoms with Crippen molar-refractivity contribution in [2.24, 2.45) is 7.05 Å². The number of aromatic nitrogens is 2. The van der Waals surface area contributed by atoms with Crippen LogP contribution in [0.5, 0.6) is 0 Å². The van der Waals surface area contributed by atoms with E-state index in [0.29, 0.717) is 12.2 Å². The third kappa shape index (κ3) is 2.97. The zero-order valence-corrected chi connectivity index (χ0v) is 9.98. The Labute approximate surface area is 100 Å². The number of hydrogen-bond donors (Lipinski definition) is 2. The van der Waals surface area contributed by atoms with E-state index in [-0.39, 0.29) is 17.7 Å². The molecule has 6 heteroatoms. The van der Waals surface area contributed by atoms with Gasteiger partial charge in [-0.3, -0.25) is 9.48 Å². The molecule has 0 bridgehead atoms. The SMILES string of the molecule is Cn1cc(N)c(C(=O)NCC2CCCCO2)n1. The number of carbonyl (C=O) groups excluding carboxylic acids is 1. The van der Waals surface area contributed by atoms with Gasteiger partial charge in [-0.15, -0.1) is 0 Å². The number of nitrogens with zero attached hydrogens (tertiary/aromatic N) is 2. The van der Waals surface area contributed by atoms with Crippen LogP contribution in [0.2, 0.25) is 0 Å². The molecule has 1 aliphatic rings. The van der Waals surface area contributed by atoms with Crippen molar-refractivity contribution in [3.63, 3.8) is 0 Å². The predicted octanol–water partition coefficient (Wildman–Crippen LogP) is 0.301. The zero-order valence-electron chi connectivity index (χ0n) is 9.98. The van der Waals surface area contributed by atoms with Crippen LogP contribution < -0.4 is 11.1 Å². The van der Waals surface area contributed by atoms with Crippen molar-refractivity contribution >= 4 is 11.6 Å². The molecule has 0 aromatic carbocycles. The minimum absolute atomic E-state index is 0.123. The van der Waals surface area contributed by atoms with Gasteiger partial charge in [0.2, 0.25) is 0 Å². The maximum absolute atomic E-state index is 11.8. The fourth-order valence-electron chi connectivity index (χ4n) is 1.94. The number of amides is 1. The standard InChI is InChI=1S/C11H18N4O2/c1-15-7-9(12)10(14-15)11(16)13-6-8-4-2-3-5-17-8/h7-8H,2-6,12H2,1H3,(H,13,16). The zero-order chi connectivity index (χ0) is 12.3. The molecule has 1 aromatic heterocycles. The summed E-state index contributed by atoms with van der Waals surface area (Å²) in [5.41, 5.74) is 6.35. The first-order valence-electron chi connectivity index (χ1n) is 5.85. The van der Waals surface area contributed by atoms with Gasteiger partial charge in [-0.05, 0) is 19.3 Å². The Kier molecular flexibility index (Phi) is 3.63. The summed E-state index contributed by atoms with van der Waals surface area (Å²) in [4.78, 5) is 11.8. The molecule has 17 heavy (non-hydrogen) atoms. The van der Waals surface area contributed by atoms with E-state index in [1.807, 2.05) is 0 Å². The van der Waals surface area contributed by atoms with Crippen LogP contribution in [0.4, 0.5) is 5.69 Å². The highest BCUT2D eigenvalue weighted by atomic mass is 16.5. The number of nitrogens with one attached hydrogen (secondary N) is 1. The molecule has 1 aliphatic heterocycles. The second-order valence-electron chi connectivity index (χ2n) is 4.31. The largest absolute Gasteiger partial charge is 0.396 e. The third-order valence-corrected chi connectivity index (χ3v) is 2.84. The number of aryl methyl sites for hydroxylation is 1. The first-order chi connectivity index (χ1) is 8.16. The second kappa shape index (κ2) is 5.18. The average Bonchev–Trinajstić information content (AvgIpc) is 2.67. The Hall–Kier alpha value is -1.56. The number of nitrogen functional groups attached to an aromatic ring is 1. The summed E-state index contributed by atoms with van der Waals surface area (Å²) < 4.78 is 7.06. The molecule has 1 aromatic rings. The number of anilines is 1. The van der Waals surface area contributed by atoms with Crippen molar-refractivity contribution in [2.45, 2.75) is 25.4 Å². The number of ether oxygens (including phenoxy) is 1. The number of hydrogen-bond acceptors (Lipinski definition) is 4.